The van der Waals surface area contributed by atoms with Crippen LogP contribution in [-0.4, -0.2) is 54.6 Å². The van der Waals surface area contributed by atoms with Crippen molar-refractivity contribution in [1.82, 2.24) is 9.80 Å². The molecule has 0 radical (unpaired) electrons. The molecule has 0 heterocycles. The highest BCUT2D eigenvalue weighted by Crippen LogP contribution is 2.37. The van der Waals surface area contributed by atoms with E-state index in [0.29, 0.717) is 0 Å². The van der Waals surface area contributed by atoms with E-state index in [0.717, 1.165) is 32.1 Å². The lowest BCUT2D eigenvalue weighted by Gasteiger charge is -2.48. The van der Waals surface area contributed by atoms with E-state index >= 15 is 0 Å². The van der Waals surface area contributed by atoms with Crippen LogP contribution in [0.25, 0.3) is 0 Å². The molecule has 0 aromatic rings. The molecular weight excluding hydrogens is 246 g/mol. The maximum atomic E-state index is 6.22. The van der Waals surface area contributed by atoms with Gasteiger partial charge in [-0.1, -0.05) is 34.1 Å². The average Bonchev–Trinajstić information content (AvgIpc) is 2.52. The van der Waals surface area contributed by atoms with Gasteiger partial charge in [-0.05, 0) is 51.2 Å². The van der Waals surface area contributed by atoms with Crippen LogP contribution in [0.15, 0.2) is 0 Å². The van der Waals surface area contributed by atoms with E-state index in [2.05, 4.69) is 37.5 Å². The smallest absolute Gasteiger partial charge is 0.0332 e. The van der Waals surface area contributed by atoms with Crippen molar-refractivity contribution >= 4 is 0 Å². The molecule has 0 aromatic carbocycles. The third kappa shape index (κ3) is 4.44. The van der Waals surface area contributed by atoms with Crippen LogP contribution in [0.3, 0.4) is 0 Å². The summed E-state index contributed by atoms with van der Waals surface area (Å²) in [7, 11) is 0. The Balaban J connectivity index is 2.60. The molecule has 1 aliphatic carbocycles. The van der Waals surface area contributed by atoms with Gasteiger partial charge in [0.25, 0.3) is 0 Å². The first-order valence-corrected chi connectivity index (χ1v) is 8.83. The summed E-state index contributed by atoms with van der Waals surface area (Å²) in [5, 5.41) is 0. The second-order valence-electron chi connectivity index (χ2n) is 6.39. The van der Waals surface area contributed by atoms with E-state index in [1.54, 1.807) is 0 Å². The molecule has 0 spiro atoms. The minimum Gasteiger partial charge on any atom is -0.329 e. The molecule has 1 saturated carbocycles. The van der Waals surface area contributed by atoms with E-state index < -0.39 is 0 Å². The lowest BCUT2D eigenvalue weighted by molar-refractivity contribution is 0.0384. The maximum absolute atomic E-state index is 6.22. The van der Waals surface area contributed by atoms with Crippen molar-refractivity contribution in [2.45, 2.75) is 65.3 Å². The second kappa shape index (κ2) is 9.01. The summed E-state index contributed by atoms with van der Waals surface area (Å²) in [6.45, 7) is 15.8. The molecule has 3 nitrogen and oxygen atoms in total. The van der Waals surface area contributed by atoms with Gasteiger partial charge >= 0.3 is 0 Å². The van der Waals surface area contributed by atoms with Crippen LogP contribution in [0, 0.1) is 5.92 Å². The van der Waals surface area contributed by atoms with Crippen molar-refractivity contribution in [3.8, 4) is 0 Å². The van der Waals surface area contributed by atoms with Crippen LogP contribution < -0.4 is 5.73 Å². The zero-order valence-electron chi connectivity index (χ0n) is 14.3. The van der Waals surface area contributed by atoms with Crippen LogP contribution in [0.1, 0.15) is 59.8 Å². The van der Waals surface area contributed by atoms with Crippen LogP contribution in [0.2, 0.25) is 0 Å². The van der Waals surface area contributed by atoms with Gasteiger partial charge in [0.15, 0.2) is 0 Å². The quantitative estimate of drug-likeness (QED) is 0.706. The Hall–Kier alpha value is -0.120. The maximum Gasteiger partial charge on any atom is 0.0332 e. The molecule has 1 rings (SSSR count). The summed E-state index contributed by atoms with van der Waals surface area (Å²) in [5.41, 5.74) is 6.50. The van der Waals surface area contributed by atoms with Crippen molar-refractivity contribution in [3.63, 3.8) is 0 Å². The largest absolute Gasteiger partial charge is 0.329 e. The number of hydrogen-bond donors (Lipinski definition) is 1. The molecule has 0 bridgehead atoms. The summed E-state index contributed by atoms with van der Waals surface area (Å²) in [5.74, 6) is 0.941. The fraction of sp³-hybridized carbons (Fsp3) is 1.00. The van der Waals surface area contributed by atoms with E-state index in [-0.39, 0.29) is 5.54 Å². The van der Waals surface area contributed by atoms with E-state index in [1.165, 1.54) is 45.2 Å². The van der Waals surface area contributed by atoms with Gasteiger partial charge in [0, 0.05) is 25.2 Å². The predicted molar refractivity (Wildman–Crippen MR) is 89.1 cm³/mol. The first-order chi connectivity index (χ1) is 9.65. The molecule has 3 heteroatoms. The number of likely N-dealkylation sites (N-methyl/N-ethyl adjacent to an activating group) is 2. The second-order valence-corrected chi connectivity index (χ2v) is 6.39. The molecule has 0 amide bonds. The standard InChI is InChI=1S/C17H37N3/c1-5-16-9-11-17(15-18,12-10-16)20(8-4)14-13-19(6-2)7-3/h16H,5-15,18H2,1-4H3. The molecule has 20 heavy (non-hydrogen) atoms. The van der Waals surface area contributed by atoms with Crippen molar-refractivity contribution in [3.05, 3.63) is 0 Å². The number of rotatable bonds is 9. The SMILES string of the molecule is CCC1CCC(CN)(N(CC)CCN(CC)CC)CC1. The lowest BCUT2D eigenvalue weighted by Crippen LogP contribution is -2.57. The van der Waals surface area contributed by atoms with Gasteiger partial charge in [-0.15, -0.1) is 0 Å². The van der Waals surface area contributed by atoms with Gasteiger partial charge in [0.2, 0.25) is 0 Å². The topological polar surface area (TPSA) is 32.5 Å². The van der Waals surface area contributed by atoms with Crippen LogP contribution in [-0.2, 0) is 0 Å². The third-order valence-corrected chi connectivity index (χ3v) is 5.63. The van der Waals surface area contributed by atoms with Crippen molar-refractivity contribution in [2.24, 2.45) is 11.7 Å². The Morgan fingerprint density at radius 1 is 0.950 bits per heavy atom. The van der Waals surface area contributed by atoms with Gasteiger partial charge < -0.3 is 10.6 Å². The first-order valence-electron chi connectivity index (χ1n) is 8.83. The minimum absolute atomic E-state index is 0.285. The summed E-state index contributed by atoms with van der Waals surface area (Å²) in [4.78, 5) is 5.20. The summed E-state index contributed by atoms with van der Waals surface area (Å²) < 4.78 is 0. The molecule has 0 aromatic heterocycles. The normalized spacial score (nSPS) is 27.4. The van der Waals surface area contributed by atoms with Gasteiger partial charge in [0.1, 0.15) is 0 Å². The highest BCUT2D eigenvalue weighted by molar-refractivity contribution is 4.95. The Labute approximate surface area is 126 Å². The van der Waals surface area contributed by atoms with Crippen LogP contribution in [0.4, 0.5) is 0 Å². The lowest BCUT2D eigenvalue weighted by atomic mass is 9.74. The van der Waals surface area contributed by atoms with Crippen LogP contribution in [0.5, 0.6) is 0 Å². The number of nitrogens with two attached hydrogens (primary N) is 1. The van der Waals surface area contributed by atoms with Crippen molar-refractivity contribution in [2.75, 3.05) is 39.3 Å². The minimum atomic E-state index is 0.285. The van der Waals surface area contributed by atoms with E-state index in [4.69, 9.17) is 5.73 Å². The average molecular weight is 284 g/mol. The number of hydrogen-bond acceptors (Lipinski definition) is 3. The Morgan fingerprint density at radius 3 is 1.95 bits per heavy atom. The van der Waals surface area contributed by atoms with Crippen molar-refractivity contribution < 1.29 is 0 Å². The van der Waals surface area contributed by atoms with Crippen molar-refractivity contribution in [1.29, 1.82) is 0 Å². The van der Waals surface area contributed by atoms with Crippen LogP contribution >= 0.6 is 0 Å². The molecular formula is C17H37N3. The Bertz CT molecular complexity index is 243. The number of nitrogens with zero attached hydrogens (tertiary/aromatic N) is 2. The zero-order valence-corrected chi connectivity index (χ0v) is 14.3. The zero-order chi connectivity index (χ0) is 15.0. The molecule has 0 aliphatic heterocycles. The fourth-order valence-corrected chi connectivity index (χ4v) is 3.81. The Morgan fingerprint density at radius 2 is 1.55 bits per heavy atom. The summed E-state index contributed by atoms with van der Waals surface area (Å²) >= 11 is 0. The van der Waals surface area contributed by atoms with E-state index in [1.807, 2.05) is 0 Å². The molecule has 0 unspecified atom stereocenters. The highest BCUT2D eigenvalue weighted by atomic mass is 15.2. The molecule has 1 aliphatic rings. The molecule has 120 valence electrons. The third-order valence-electron chi connectivity index (χ3n) is 5.63. The molecule has 2 N–H and O–H groups in total. The molecule has 0 saturated heterocycles. The first kappa shape index (κ1) is 17.9. The summed E-state index contributed by atoms with van der Waals surface area (Å²) in [6, 6.07) is 0. The molecule has 0 atom stereocenters. The van der Waals surface area contributed by atoms with Gasteiger partial charge in [-0.25, -0.2) is 0 Å². The van der Waals surface area contributed by atoms with E-state index in [9.17, 15) is 0 Å². The summed E-state index contributed by atoms with van der Waals surface area (Å²) in [6.07, 6.45) is 6.68. The van der Waals surface area contributed by atoms with Gasteiger partial charge in [-0.2, -0.15) is 0 Å². The van der Waals surface area contributed by atoms with Gasteiger partial charge in [-0.3, -0.25) is 4.90 Å². The highest BCUT2D eigenvalue weighted by Gasteiger charge is 2.38. The fourth-order valence-electron chi connectivity index (χ4n) is 3.81. The Kier molecular flexibility index (Phi) is 8.08. The predicted octanol–water partition coefficient (Wildman–Crippen LogP) is 2.95. The van der Waals surface area contributed by atoms with Gasteiger partial charge in [0.05, 0.1) is 0 Å². The monoisotopic (exact) mass is 283 g/mol. The molecule has 1 fully saturated rings.